The molecule has 0 spiro atoms. The fraction of sp³-hybridized carbons (Fsp3) is 1.00. The summed E-state index contributed by atoms with van der Waals surface area (Å²) >= 11 is 0. The van der Waals surface area contributed by atoms with Gasteiger partial charge in [0.25, 0.3) is 0 Å². The number of rotatable bonds is 4. The van der Waals surface area contributed by atoms with Gasteiger partial charge in [0.05, 0.1) is 13.2 Å². The summed E-state index contributed by atoms with van der Waals surface area (Å²) in [6, 6.07) is 0. The lowest BCUT2D eigenvalue weighted by atomic mass is 10.1. The minimum absolute atomic E-state index is 0.781. The smallest absolute Gasteiger partial charge is 0.370 e. The predicted octanol–water partition coefficient (Wildman–Crippen LogP) is 0.254. The van der Waals surface area contributed by atoms with Crippen LogP contribution in [0.15, 0.2) is 0 Å². The number of hydrogen-bond donors (Lipinski definition) is 0. The molecule has 0 aromatic heterocycles. The van der Waals surface area contributed by atoms with Crippen molar-refractivity contribution in [1.29, 1.82) is 0 Å². The molecule has 2 rings (SSSR count). The first-order valence-corrected chi connectivity index (χ1v) is 8.70. The first-order valence-electron chi connectivity index (χ1n) is 5.88. The van der Waals surface area contributed by atoms with Crippen molar-refractivity contribution in [3.05, 3.63) is 0 Å². The van der Waals surface area contributed by atoms with E-state index in [-0.39, 0.29) is 0 Å². The van der Waals surface area contributed by atoms with Gasteiger partial charge in [-0.2, -0.15) is 43.2 Å². The molecule has 24 heavy (non-hydrogen) atoms. The maximum Gasteiger partial charge on any atom is 0.523 e. The van der Waals surface area contributed by atoms with Gasteiger partial charge >= 0.3 is 31.3 Å². The second kappa shape index (κ2) is 5.94. The number of fused-ring (bicyclic) bond motifs is 1. The highest BCUT2D eigenvalue weighted by molar-refractivity contribution is 7.87. The fourth-order valence-electron chi connectivity index (χ4n) is 2.03. The van der Waals surface area contributed by atoms with E-state index >= 15 is 0 Å². The molecule has 8 nitrogen and oxygen atoms in total. The molecular weight excluding hydrogens is 402 g/mol. The number of ether oxygens (including phenoxy) is 2. The van der Waals surface area contributed by atoms with Gasteiger partial charge in [0.15, 0.2) is 0 Å². The molecule has 0 aromatic carbocycles. The quantitative estimate of drug-likeness (QED) is 0.369. The second-order valence-electron chi connectivity index (χ2n) is 4.66. The van der Waals surface area contributed by atoms with Gasteiger partial charge < -0.3 is 9.47 Å². The SMILES string of the molecule is O=S(=O)(O[C@@H]1CO[C@H]2[C@@H]1OC[C@H]2OS(=O)(=O)C(F)(F)F)C(F)(F)F. The number of halogens is 6. The van der Waals surface area contributed by atoms with Crippen LogP contribution in [0.4, 0.5) is 26.3 Å². The van der Waals surface area contributed by atoms with Gasteiger partial charge in [0.2, 0.25) is 0 Å². The topological polar surface area (TPSA) is 105 Å². The van der Waals surface area contributed by atoms with Gasteiger partial charge in [-0.3, -0.25) is 8.37 Å². The molecule has 2 saturated heterocycles. The van der Waals surface area contributed by atoms with Crippen LogP contribution in [0.25, 0.3) is 0 Å². The molecule has 2 aliphatic heterocycles. The summed E-state index contributed by atoms with van der Waals surface area (Å²) in [7, 11) is -12.0. The minimum Gasteiger partial charge on any atom is -0.370 e. The van der Waals surface area contributed by atoms with Crippen molar-refractivity contribution < 1.29 is 61.0 Å². The van der Waals surface area contributed by atoms with Gasteiger partial charge in [-0.1, -0.05) is 0 Å². The molecule has 16 heteroatoms. The molecule has 0 radical (unpaired) electrons. The van der Waals surface area contributed by atoms with Crippen LogP contribution in [0.5, 0.6) is 0 Å². The van der Waals surface area contributed by atoms with Crippen molar-refractivity contribution in [2.45, 2.75) is 35.4 Å². The summed E-state index contributed by atoms with van der Waals surface area (Å²) < 4.78 is 134. The van der Waals surface area contributed by atoms with Crippen molar-refractivity contribution in [2.24, 2.45) is 0 Å². The Kier molecular flexibility index (Phi) is 4.86. The van der Waals surface area contributed by atoms with E-state index < -0.39 is 68.9 Å². The average Bonchev–Trinajstić information content (AvgIpc) is 2.90. The molecule has 0 aliphatic carbocycles. The van der Waals surface area contributed by atoms with Crippen LogP contribution >= 0.6 is 0 Å². The van der Waals surface area contributed by atoms with Gasteiger partial charge in [-0.25, -0.2) is 0 Å². The average molecular weight is 410 g/mol. The maximum atomic E-state index is 12.2. The summed E-state index contributed by atoms with van der Waals surface area (Å²) in [6.45, 7) is -1.56. The standard InChI is InChI=1S/C8H8F6O8S2/c9-7(10,11)23(15,16)21-3-1-19-6-4(2-20-5(3)6)22-24(17,18)8(12,13)14/h3-6H,1-2H2/t3-,4-,5-,6-/m1/s1. The zero-order chi connectivity index (χ0) is 18.6. The highest BCUT2D eigenvalue weighted by atomic mass is 32.2. The molecule has 0 unspecified atom stereocenters. The van der Waals surface area contributed by atoms with E-state index in [0.29, 0.717) is 0 Å². The van der Waals surface area contributed by atoms with E-state index in [4.69, 9.17) is 9.47 Å². The van der Waals surface area contributed by atoms with Gasteiger partial charge in [0, 0.05) is 0 Å². The van der Waals surface area contributed by atoms with Crippen molar-refractivity contribution in [2.75, 3.05) is 13.2 Å². The van der Waals surface area contributed by atoms with Crippen LogP contribution in [0.2, 0.25) is 0 Å². The Morgan fingerprint density at radius 1 is 0.708 bits per heavy atom. The zero-order valence-electron chi connectivity index (χ0n) is 11.1. The van der Waals surface area contributed by atoms with E-state index in [1.165, 1.54) is 0 Å². The van der Waals surface area contributed by atoms with Crippen LogP contribution in [-0.2, 0) is 38.1 Å². The van der Waals surface area contributed by atoms with Crippen LogP contribution in [0.1, 0.15) is 0 Å². The Bertz CT molecular complexity index is 622. The molecule has 2 fully saturated rings. The Morgan fingerprint density at radius 3 is 1.25 bits per heavy atom. The highest BCUT2D eigenvalue weighted by Crippen LogP contribution is 2.36. The minimum atomic E-state index is -5.99. The predicted molar refractivity (Wildman–Crippen MR) is 59.2 cm³/mol. The molecule has 4 atom stereocenters. The number of hydrogen-bond acceptors (Lipinski definition) is 8. The van der Waals surface area contributed by atoms with Crippen molar-refractivity contribution >= 4 is 20.2 Å². The number of alkyl halides is 6. The summed E-state index contributed by atoms with van der Waals surface area (Å²) in [5.41, 5.74) is -11.4. The van der Waals surface area contributed by atoms with E-state index in [2.05, 4.69) is 8.37 Å². The van der Waals surface area contributed by atoms with Crippen molar-refractivity contribution in [1.82, 2.24) is 0 Å². The maximum absolute atomic E-state index is 12.2. The van der Waals surface area contributed by atoms with Gasteiger partial charge in [0.1, 0.15) is 24.4 Å². The monoisotopic (exact) mass is 410 g/mol. The normalized spacial score (nSPS) is 32.1. The van der Waals surface area contributed by atoms with Gasteiger partial charge in [-0.05, 0) is 0 Å². The van der Waals surface area contributed by atoms with Crippen LogP contribution in [-0.4, -0.2) is 65.5 Å². The molecule has 0 aromatic rings. The van der Waals surface area contributed by atoms with Gasteiger partial charge in [-0.15, -0.1) is 0 Å². The third-order valence-electron chi connectivity index (χ3n) is 3.03. The molecule has 2 heterocycles. The molecule has 142 valence electrons. The fourth-order valence-corrected chi connectivity index (χ4v) is 3.23. The Hall–Kier alpha value is -0.680. The highest BCUT2D eigenvalue weighted by Gasteiger charge is 2.57. The first-order chi connectivity index (χ1) is 10.7. The molecule has 0 saturated carbocycles. The first kappa shape index (κ1) is 19.6. The van der Waals surface area contributed by atoms with E-state index in [0.717, 1.165) is 0 Å². The second-order valence-corrected chi connectivity index (χ2v) is 7.79. The summed E-state index contributed by atoms with van der Waals surface area (Å²) in [6.07, 6.45) is -6.72. The summed E-state index contributed by atoms with van der Waals surface area (Å²) in [5.74, 6) is 0. The molecular formula is C8H8F6O8S2. The van der Waals surface area contributed by atoms with E-state index in [1.807, 2.05) is 0 Å². The largest absolute Gasteiger partial charge is 0.523 e. The van der Waals surface area contributed by atoms with E-state index in [1.54, 1.807) is 0 Å². The van der Waals surface area contributed by atoms with Crippen LogP contribution in [0, 0.1) is 0 Å². The molecule has 2 aliphatic rings. The third kappa shape index (κ3) is 3.62. The summed E-state index contributed by atoms with van der Waals surface area (Å²) in [5, 5.41) is 0. The lowest BCUT2D eigenvalue weighted by Gasteiger charge is -2.18. The third-order valence-corrected chi connectivity index (χ3v) is 5.17. The Balaban J connectivity index is 2.08. The molecule has 0 amide bonds. The summed E-state index contributed by atoms with van der Waals surface area (Å²) in [4.78, 5) is 0. The van der Waals surface area contributed by atoms with Crippen LogP contribution < -0.4 is 0 Å². The van der Waals surface area contributed by atoms with Crippen LogP contribution in [0.3, 0.4) is 0 Å². The lowest BCUT2D eigenvalue weighted by molar-refractivity contribution is -0.0651. The van der Waals surface area contributed by atoms with Crippen molar-refractivity contribution in [3.8, 4) is 0 Å². The lowest BCUT2D eigenvalue weighted by Crippen LogP contribution is -2.39. The van der Waals surface area contributed by atoms with Crippen molar-refractivity contribution in [3.63, 3.8) is 0 Å². The zero-order valence-corrected chi connectivity index (χ0v) is 12.7. The molecule has 0 bridgehead atoms. The van der Waals surface area contributed by atoms with E-state index in [9.17, 15) is 43.2 Å². The molecule has 0 N–H and O–H groups in total. The Labute approximate surface area is 130 Å². The Morgan fingerprint density at radius 2 is 1.00 bits per heavy atom.